The molecule has 0 bridgehead atoms. The molecule has 144 valence electrons. The van der Waals surface area contributed by atoms with E-state index in [2.05, 4.69) is 35.3 Å². The SMILES string of the molecule is CSc1ccc(O[C@@H](C)C(=O)Nc2ccc3c(c2)N(C)CCN(C)C3)cc1. The third-order valence-electron chi connectivity index (χ3n) is 4.76. The maximum absolute atomic E-state index is 12.5. The second kappa shape index (κ2) is 8.67. The molecule has 6 heteroatoms. The molecule has 0 aliphatic carbocycles. The zero-order valence-corrected chi connectivity index (χ0v) is 17.2. The number of rotatable bonds is 5. The van der Waals surface area contributed by atoms with Crippen LogP contribution in [0.3, 0.4) is 0 Å². The Balaban J connectivity index is 1.66. The molecule has 2 aromatic rings. The molecular formula is C21H27N3O2S. The normalized spacial score (nSPS) is 15.6. The Kier molecular flexibility index (Phi) is 6.29. The van der Waals surface area contributed by atoms with Crippen molar-refractivity contribution in [1.82, 2.24) is 4.90 Å². The number of fused-ring (bicyclic) bond motifs is 1. The van der Waals surface area contributed by atoms with E-state index in [1.807, 2.05) is 42.7 Å². The van der Waals surface area contributed by atoms with Crippen LogP contribution in [0, 0.1) is 0 Å². The number of hydrogen-bond donors (Lipinski definition) is 1. The Morgan fingerprint density at radius 2 is 1.89 bits per heavy atom. The molecule has 0 aromatic heterocycles. The summed E-state index contributed by atoms with van der Waals surface area (Å²) < 4.78 is 5.78. The highest BCUT2D eigenvalue weighted by Crippen LogP contribution is 2.27. The van der Waals surface area contributed by atoms with Crippen LogP contribution in [0.5, 0.6) is 5.75 Å². The van der Waals surface area contributed by atoms with Gasteiger partial charge in [-0.3, -0.25) is 4.79 Å². The molecule has 1 aliphatic rings. The zero-order chi connectivity index (χ0) is 19.4. The Hall–Kier alpha value is -2.18. The van der Waals surface area contributed by atoms with Crippen molar-refractivity contribution in [2.75, 3.05) is 43.7 Å². The van der Waals surface area contributed by atoms with Crippen LogP contribution >= 0.6 is 11.8 Å². The molecule has 0 saturated heterocycles. The zero-order valence-electron chi connectivity index (χ0n) is 16.4. The monoisotopic (exact) mass is 385 g/mol. The lowest BCUT2D eigenvalue weighted by Gasteiger charge is -2.20. The number of anilines is 2. The van der Waals surface area contributed by atoms with Gasteiger partial charge in [0.25, 0.3) is 5.91 Å². The van der Waals surface area contributed by atoms with Gasteiger partial charge in [-0.25, -0.2) is 0 Å². The number of benzene rings is 2. The van der Waals surface area contributed by atoms with Crippen molar-refractivity contribution in [3.8, 4) is 5.75 Å². The van der Waals surface area contributed by atoms with Crippen LogP contribution < -0.4 is 15.0 Å². The summed E-state index contributed by atoms with van der Waals surface area (Å²) in [5.41, 5.74) is 3.23. The smallest absolute Gasteiger partial charge is 0.265 e. The van der Waals surface area contributed by atoms with Crippen LogP contribution in [0.1, 0.15) is 12.5 Å². The minimum absolute atomic E-state index is 0.155. The first kappa shape index (κ1) is 19.6. The first-order valence-electron chi connectivity index (χ1n) is 9.10. The molecule has 1 amide bonds. The minimum atomic E-state index is -0.576. The van der Waals surface area contributed by atoms with Gasteiger partial charge in [0.1, 0.15) is 5.75 Å². The molecule has 27 heavy (non-hydrogen) atoms. The van der Waals surface area contributed by atoms with E-state index in [-0.39, 0.29) is 5.91 Å². The Morgan fingerprint density at radius 3 is 2.59 bits per heavy atom. The van der Waals surface area contributed by atoms with Crippen LogP contribution in [0.15, 0.2) is 47.4 Å². The number of carbonyl (C=O) groups is 1. The number of amides is 1. The maximum atomic E-state index is 12.5. The van der Waals surface area contributed by atoms with E-state index in [1.54, 1.807) is 18.7 Å². The van der Waals surface area contributed by atoms with E-state index < -0.39 is 6.10 Å². The van der Waals surface area contributed by atoms with Gasteiger partial charge in [-0.05, 0) is 62.2 Å². The summed E-state index contributed by atoms with van der Waals surface area (Å²) in [4.78, 5) is 18.3. The molecule has 3 rings (SSSR count). The van der Waals surface area contributed by atoms with Gasteiger partial charge in [-0.15, -0.1) is 11.8 Å². The predicted molar refractivity (Wildman–Crippen MR) is 113 cm³/mol. The third kappa shape index (κ3) is 4.96. The average Bonchev–Trinajstić information content (AvgIpc) is 2.81. The summed E-state index contributed by atoms with van der Waals surface area (Å²) in [5.74, 6) is 0.539. The molecule has 1 aliphatic heterocycles. The van der Waals surface area contributed by atoms with Crippen molar-refractivity contribution in [2.24, 2.45) is 0 Å². The van der Waals surface area contributed by atoms with Crippen molar-refractivity contribution < 1.29 is 9.53 Å². The van der Waals surface area contributed by atoms with E-state index in [9.17, 15) is 4.79 Å². The summed E-state index contributed by atoms with van der Waals surface area (Å²) in [6.45, 7) is 4.67. The van der Waals surface area contributed by atoms with Gasteiger partial charge in [-0.2, -0.15) is 0 Å². The first-order valence-corrected chi connectivity index (χ1v) is 10.3. The van der Waals surface area contributed by atoms with E-state index in [0.717, 1.165) is 25.3 Å². The molecular weight excluding hydrogens is 358 g/mol. The second-order valence-corrected chi connectivity index (χ2v) is 7.81. The number of likely N-dealkylation sites (N-methyl/N-ethyl adjacent to an activating group) is 2. The van der Waals surface area contributed by atoms with E-state index >= 15 is 0 Å². The summed E-state index contributed by atoms with van der Waals surface area (Å²) >= 11 is 1.68. The third-order valence-corrected chi connectivity index (χ3v) is 5.51. The highest BCUT2D eigenvalue weighted by Gasteiger charge is 2.18. The molecule has 0 fully saturated rings. The summed E-state index contributed by atoms with van der Waals surface area (Å²) in [5, 5.41) is 2.98. The minimum Gasteiger partial charge on any atom is -0.481 e. The molecule has 2 aromatic carbocycles. The lowest BCUT2D eigenvalue weighted by atomic mass is 10.1. The average molecular weight is 386 g/mol. The van der Waals surface area contributed by atoms with Crippen molar-refractivity contribution in [3.63, 3.8) is 0 Å². The number of ether oxygens (including phenoxy) is 1. The summed E-state index contributed by atoms with van der Waals surface area (Å²) in [6, 6.07) is 13.9. The molecule has 1 atom stereocenters. The number of carbonyl (C=O) groups excluding carboxylic acids is 1. The molecule has 5 nitrogen and oxygen atoms in total. The van der Waals surface area contributed by atoms with Crippen LogP contribution in [0.2, 0.25) is 0 Å². The highest BCUT2D eigenvalue weighted by molar-refractivity contribution is 7.98. The van der Waals surface area contributed by atoms with Crippen LogP contribution in [-0.4, -0.2) is 50.4 Å². The van der Waals surface area contributed by atoms with Crippen molar-refractivity contribution in [3.05, 3.63) is 48.0 Å². The standard InChI is InChI=1S/C21H27N3O2S/c1-15(26-18-7-9-19(27-4)10-8-18)21(25)22-17-6-5-16-14-23(2)11-12-24(3)20(16)13-17/h5-10,13,15H,11-12,14H2,1-4H3,(H,22,25)/t15-/m0/s1. The van der Waals surface area contributed by atoms with Gasteiger partial charge in [0.15, 0.2) is 6.10 Å². The Morgan fingerprint density at radius 1 is 1.15 bits per heavy atom. The largest absolute Gasteiger partial charge is 0.481 e. The number of nitrogens with zero attached hydrogens (tertiary/aromatic N) is 2. The highest BCUT2D eigenvalue weighted by atomic mass is 32.2. The van der Waals surface area contributed by atoms with Crippen LogP contribution in [-0.2, 0) is 11.3 Å². The number of nitrogens with one attached hydrogen (secondary N) is 1. The molecule has 0 unspecified atom stereocenters. The second-order valence-electron chi connectivity index (χ2n) is 6.93. The molecule has 0 spiro atoms. The Labute approximate surface area is 165 Å². The Bertz CT molecular complexity index is 795. The van der Waals surface area contributed by atoms with Crippen molar-refractivity contribution >= 4 is 29.0 Å². The van der Waals surface area contributed by atoms with E-state index in [0.29, 0.717) is 5.75 Å². The van der Waals surface area contributed by atoms with Crippen LogP contribution in [0.25, 0.3) is 0 Å². The molecule has 0 saturated carbocycles. The quantitative estimate of drug-likeness (QED) is 0.795. The molecule has 1 N–H and O–H groups in total. The fraction of sp³-hybridized carbons (Fsp3) is 0.381. The van der Waals surface area contributed by atoms with E-state index in [1.165, 1.54) is 16.1 Å². The molecule has 1 heterocycles. The lowest BCUT2D eigenvalue weighted by molar-refractivity contribution is -0.122. The fourth-order valence-corrected chi connectivity index (χ4v) is 3.51. The maximum Gasteiger partial charge on any atom is 0.265 e. The topological polar surface area (TPSA) is 44.8 Å². The molecule has 0 radical (unpaired) electrons. The summed E-state index contributed by atoms with van der Waals surface area (Å²) in [7, 11) is 4.22. The number of thioether (sulfide) groups is 1. The van der Waals surface area contributed by atoms with Gasteiger partial charge < -0.3 is 19.9 Å². The van der Waals surface area contributed by atoms with Crippen molar-refractivity contribution in [2.45, 2.75) is 24.5 Å². The van der Waals surface area contributed by atoms with Gasteiger partial charge in [0, 0.05) is 43.0 Å². The van der Waals surface area contributed by atoms with Gasteiger partial charge in [-0.1, -0.05) is 6.07 Å². The fourth-order valence-electron chi connectivity index (χ4n) is 3.10. The van der Waals surface area contributed by atoms with Gasteiger partial charge in [0.2, 0.25) is 0 Å². The predicted octanol–water partition coefficient (Wildman–Crippen LogP) is 3.70. The van der Waals surface area contributed by atoms with Crippen LogP contribution in [0.4, 0.5) is 11.4 Å². The first-order chi connectivity index (χ1) is 13.0. The van der Waals surface area contributed by atoms with Gasteiger partial charge >= 0.3 is 0 Å². The number of hydrogen-bond acceptors (Lipinski definition) is 5. The lowest BCUT2D eigenvalue weighted by Crippen LogP contribution is -2.30. The van der Waals surface area contributed by atoms with E-state index in [4.69, 9.17) is 4.74 Å². The van der Waals surface area contributed by atoms with Crippen molar-refractivity contribution in [1.29, 1.82) is 0 Å². The summed E-state index contributed by atoms with van der Waals surface area (Å²) in [6.07, 6.45) is 1.45. The van der Waals surface area contributed by atoms with Gasteiger partial charge in [0.05, 0.1) is 0 Å².